The fourth-order valence-corrected chi connectivity index (χ4v) is 2.65. The Morgan fingerprint density at radius 2 is 1.61 bits per heavy atom. The van der Waals surface area contributed by atoms with Gasteiger partial charge in [-0.05, 0) is 24.3 Å². The van der Waals surface area contributed by atoms with Gasteiger partial charge in [0.15, 0.2) is 5.78 Å². The topological polar surface area (TPSA) is 49.9 Å². The van der Waals surface area contributed by atoms with Crippen molar-refractivity contribution in [1.82, 2.24) is 9.80 Å². The van der Waals surface area contributed by atoms with Crippen molar-refractivity contribution in [3.63, 3.8) is 0 Å². The molecule has 0 atom stereocenters. The van der Waals surface area contributed by atoms with Gasteiger partial charge in [-0.2, -0.15) is 0 Å². The molecule has 0 radical (unpaired) electrons. The number of ether oxygens (including phenoxy) is 1. The van der Waals surface area contributed by atoms with Crippen LogP contribution in [-0.2, 0) is 4.79 Å². The molecule has 1 amide bonds. The highest BCUT2D eigenvalue weighted by molar-refractivity contribution is 5.97. The van der Waals surface area contributed by atoms with Crippen LogP contribution in [0, 0.1) is 5.41 Å². The summed E-state index contributed by atoms with van der Waals surface area (Å²) in [5.41, 5.74) is 0.347. The molecule has 1 aromatic rings. The average Bonchev–Trinajstić information content (AvgIpc) is 2.54. The predicted molar refractivity (Wildman–Crippen MR) is 89.8 cm³/mol. The van der Waals surface area contributed by atoms with Gasteiger partial charge in [0.05, 0.1) is 13.7 Å². The fraction of sp³-hybridized carbons (Fsp3) is 0.556. The van der Waals surface area contributed by atoms with Crippen molar-refractivity contribution in [2.75, 3.05) is 39.8 Å². The third kappa shape index (κ3) is 4.55. The van der Waals surface area contributed by atoms with Crippen molar-refractivity contribution in [3.05, 3.63) is 29.8 Å². The minimum atomic E-state index is -0.346. The molecule has 1 aliphatic rings. The second-order valence-corrected chi connectivity index (χ2v) is 6.97. The normalized spacial score (nSPS) is 16.3. The van der Waals surface area contributed by atoms with Crippen LogP contribution in [0.3, 0.4) is 0 Å². The van der Waals surface area contributed by atoms with E-state index in [0.717, 1.165) is 18.8 Å². The number of carbonyl (C=O) groups excluding carboxylic acids is 2. The quantitative estimate of drug-likeness (QED) is 0.798. The summed E-state index contributed by atoms with van der Waals surface area (Å²) in [5.74, 6) is 1.03. The lowest BCUT2D eigenvalue weighted by Gasteiger charge is -2.37. The van der Waals surface area contributed by atoms with Gasteiger partial charge in [0.1, 0.15) is 5.75 Å². The number of rotatable bonds is 4. The first-order valence-electron chi connectivity index (χ1n) is 8.00. The van der Waals surface area contributed by atoms with Crippen molar-refractivity contribution in [2.24, 2.45) is 5.41 Å². The van der Waals surface area contributed by atoms with E-state index in [1.165, 1.54) is 0 Å². The van der Waals surface area contributed by atoms with E-state index in [-0.39, 0.29) is 17.1 Å². The lowest BCUT2D eigenvalue weighted by molar-refractivity contribution is -0.141. The lowest BCUT2D eigenvalue weighted by atomic mass is 9.94. The van der Waals surface area contributed by atoms with Gasteiger partial charge in [0.2, 0.25) is 5.91 Å². The highest BCUT2D eigenvalue weighted by Crippen LogP contribution is 2.19. The third-order valence-electron chi connectivity index (χ3n) is 4.08. The monoisotopic (exact) mass is 318 g/mol. The van der Waals surface area contributed by atoms with E-state index in [9.17, 15) is 9.59 Å². The number of hydrogen-bond acceptors (Lipinski definition) is 4. The second kappa shape index (κ2) is 7.13. The van der Waals surface area contributed by atoms with Crippen LogP contribution in [0.2, 0.25) is 0 Å². The minimum absolute atomic E-state index is 0.100. The zero-order valence-electron chi connectivity index (χ0n) is 14.5. The number of ketones is 1. The van der Waals surface area contributed by atoms with Crippen LogP contribution < -0.4 is 4.74 Å². The predicted octanol–water partition coefficient (Wildman–Crippen LogP) is 2.07. The molecule has 1 fully saturated rings. The van der Waals surface area contributed by atoms with E-state index in [1.54, 1.807) is 31.4 Å². The Hall–Kier alpha value is -1.88. The van der Waals surface area contributed by atoms with Gasteiger partial charge in [0.25, 0.3) is 0 Å². The van der Waals surface area contributed by atoms with Crippen molar-refractivity contribution in [1.29, 1.82) is 0 Å². The second-order valence-electron chi connectivity index (χ2n) is 6.97. The summed E-state index contributed by atoms with van der Waals surface area (Å²) in [4.78, 5) is 28.6. The summed E-state index contributed by atoms with van der Waals surface area (Å²) in [6, 6.07) is 7.18. The minimum Gasteiger partial charge on any atom is -0.497 e. The van der Waals surface area contributed by atoms with E-state index in [2.05, 4.69) is 4.90 Å². The first kappa shape index (κ1) is 17.5. The number of carbonyl (C=O) groups is 2. The summed E-state index contributed by atoms with van der Waals surface area (Å²) in [5, 5.41) is 0. The van der Waals surface area contributed by atoms with Crippen molar-refractivity contribution in [2.45, 2.75) is 20.8 Å². The van der Waals surface area contributed by atoms with E-state index in [0.29, 0.717) is 25.2 Å². The maximum Gasteiger partial charge on any atom is 0.228 e. The molecule has 5 heteroatoms. The summed E-state index contributed by atoms with van der Waals surface area (Å²) < 4.78 is 5.10. The summed E-state index contributed by atoms with van der Waals surface area (Å²) in [6.07, 6.45) is 0. The Bertz CT molecular complexity index is 553. The van der Waals surface area contributed by atoms with E-state index >= 15 is 0 Å². The van der Waals surface area contributed by atoms with E-state index < -0.39 is 0 Å². The number of amides is 1. The molecule has 2 rings (SSSR count). The van der Waals surface area contributed by atoms with Crippen LogP contribution in [-0.4, -0.2) is 61.3 Å². The molecule has 0 bridgehead atoms. The standard InChI is InChI=1S/C18H26N2O3/c1-18(2,3)17(22)20-11-9-19(10-12-20)13-16(21)14-5-7-15(23-4)8-6-14/h5-8H,9-13H2,1-4H3. The highest BCUT2D eigenvalue weighted by atomic mass is 16.5. The Morgan fingerprint density at radius 1 is 1.04 bits per heavy atom. The van der Waals surface area contributed by atoms with Gasteiger partial charge in [-0.3, -0.25) is 14.5 Å². The molecule has 23 heavy (non-hydrogen) atoms. The Balaban J connectivity index is 1.86. The summed E-state index contributed by atoms with van der Waals surface area (Å²) in [6.45, 7) is 9.06. The SMILES string of the molecule is COc1ccc(C(=O)CN2CCN(C(=O)C(C)(C)C)CC2)cc1. The Kier molecular flexibility index (Phi) is 5.42. The zero-order valence-corrected chi connectivity index (χ0v) is 14.5. The molecule has 0 aromatic heterocycles. The summed E-state index contributed by atoms with van der Waals surface area (Å²) in [7, 11) is 1.61. The third-order valence-corrected chi connectivity index (χ3v) is 4.08. The first-order valence-corrected chi connectivity index (χ1v) is 8.00. The van der Waals surface area contributed by atoms with Gasteiger partial charge in [-0.25, -0.2) is 0 Å². The van der Waals surface area contributed by atoms with Gasteiger partial charge in [-0.1, -0.05) is 20.8 Å². The number of piperazine rings is 1. The molecule has 1 saturated heterocycles. The maximum atomic E-state index is 12.3. The van der Waals surface area contributed by atoms with Crippen LogP contribution in [0.5, 0.6) is 5.75 Å². The lowest BCUT2D eigenvalue weighted by Crippen LogP contribution is -2.52. The maximum absolute atomic E-state index is 12.3. The van der Waals surface area contributed by atoms with Gasteiger partial charge >= 0.3 is 0 Å². The number of nitrogens with zero attached hydrogens (tertiary/aromatic N) is 2. The van der Waals surface area contributed by atoms with E-state index in [1.807, 2.05) is 25.7 Å². The highest BCUT2D eigenvalue weighted by Gasteiger charge is 2.30. The molecule has 1 heterocycles. The Morgan fingerprint density at radius 3 is 2.09 bits per heavy atom. The average molecular weight is 318 g/mol. The van der Waals surface area contributed by atoms with Gasteiger partial charge in [0, 0.05) is 37.2 Å². The van der Waals surface area contributed by atoms with Crippen molar-refractivity contribution in [3.8, 4) is 5.75 Å². The van der Waals surface area contributed by atoms with Crippen LogP contribution in [0.1, 0.15) is 31.1 Å². The molecule has 0 saturated carbocycles. The van der Waals surface area contributed by atoms with Crippen LogP contribution in [0.15, 0.2) is 24.3 Å². The molecule has 0 unspecified atom stereocenters. The molecular weight excluding hydrogens is 292 g/mol. The van der Waals surface area contributed by atoms with Gasteiger partial charge in [-0.15, -0.1) is 0 Å². The molecule has 1 aromatic carbocycles. The zero-order chi connectivity index (χ0) is 17.0. The number of hydrogen-bond donors (Lipinski definition) is 0. The number of methoxy groups -OCH3 is 1. The van der Waals surface area contributed by atoms with E-state index in [4.69, 9.17) is 4.74 Å². The smallest absolute Gasteiger partial charge is 0.228 e. The molecule has 126 valence electrons. The first-order chi connectivity index (χ1) is 10.8. The summed E-state index contributed by atoms with van der Waals surface area (Å²) >= 11 is 0. The molecule has 0 aliphatic carbocycles. The van der Waals surface area contributed by atoms with Crippen molar-refractivity contribution >= 4 is 11.7 Å². The molecule has 5 nitrogen and oxygen atoms in total. The Labute approximate surface area is 138 Å². The van der Waals surface area contributed by atoms with Crippen LogP contribution in [0.4, 0.5) is 0 Å². The molecule has 0 N–H and O–H groups in total. The number of Topliss-reactive ketones (excluding diaryl/α,β-unsaturated/α-hetero) is 1. The van der Waals surface area contributed by atoms with Crippen molar-refractivity contribution < 1.29 is 14.3 Å². The largest absolute Gasteiger partial charge is 0.497 e. The van der Waals surface area contributed by atoms with Crippen LogP contribution in [0.25, 0.3) is 0 Å². The fourth-order valence-electron chi connectivity index (χ4n) is 2.65. The molecular formula is C18H26N2O3. The molecule has 1 aliphatic heterocycles. The van der Waals surface area contributed by atoms with Crippen LogP contribution >= 0.6 is 0 Å². The molecule has 0 spiro atoms. The van der Waals surface area contributed by atoms with Gasteiger partial charge < -0.3 is 9.64 Å². The number of benzene rings is 1.